The quantitative estimate of drug-likeness (QED) is 0.0189. The number of benzene rings is 5. The molecule has 5 aromatic carbocycles. The fourth-order valence-corrected chi connectivity index (χ4v) is 7.93. The van der Waals surface area contributed by atoms with Crippen LogP contribution in [0.15, 0.2) is 127 Å². The van der Waals surface area contributed by atoms with E-state index in [4.69, 9.17) is 43.4 Å². The Balaban J connectivity index is 1.05. The summed E-state index contributed by atoms with van der Waals surface area (Å²) in [4.78, 5) is 27.4. The molecule has 6 aromatic rings. The molecule has 0 radical (unpaired) electrons. The molecular formula is C59H68N4O9. The maximum absolute atomic E-state index is 13.0. The van der Waals surface area contributed by atoms with Crippen molar-refractivity contribution in [1.29, 1.82) is 5.26 Å². The van der Waals surface area contributed by atoms with E-state index in [0.717, 1.165) is 62.5 Å². The summed E-state index contributed by atoms with van der Waals surface area (Å²) >= 11 is 0. The van der Waals surface area contributed by atoms with Gasteiger partial charge in [-0.1, -0.05) is 127 Å². The molecule has 0 amide bonds. The molecule has 0 bridgehead atoms. The first-order valence-corrected chi connectivity index (χ1v) is 25.2. The second-order valence-electron chi connectivity index (χ2n) is 17.4. The van der Waals surface area contributed by atoms with Crippen molar-refractivity contribution in [2.75, 3.05) is 52.9 Å². The number of aromatic nitrogens is 3. The van der Waals surface area contributed by atoms with E-state index in [0.29, 0.717) is 83.6 Å². The number of ether oxygens (including phenoxy) is 6. The highest BCUT2D eigenvalue weighted by molar-refractivity contribution is 6.05. The number of aromatic hydroxyl groups is 2. The Morgan fingerprint density at radius 2 is 1.01 bits per heavy atom. The number of unbranched alkanes of at least 4 members (excludes halogenated alkanes) is 2. The van der Waals surface area contributed by atoms with Gasteiger partial charge in [-0.25, -0.2) is 19.7 Å². The van der Waals surface area contributed by atoms with Gasteiger partial charge in [0.05, 0.1) is 50.8 Å². The molecule has 2 N–H and O–H groups in total. The van der Waals surface area contributed by atoms with Gasteiger partial charge in [0.1, 0.15) is 53.6 Å². The lowest BCUT2D eigenvalue weighted by molar-refractivity contribution is -0.140. The van der Waals surface area contributed by atoms with Crippen LogP contribution in [0.3, 0.4) is 0 Å². The molecule has 0 aliphatic heterocycles. The predicted molar refractivity (Wildman–Crippen MR) is 280 cm³/mol. The smallest absolute Gasteiger partial charge is 0.349 e. The number of carbonyl (C=O) groups excluding carboxylic acids is 1. The second-order valence-corrected chi connectivity index (χ2v) is 17.4. The number of hydrogen-bond donors (Lipinski definition) is 2. The number of nitriles is 1. The average molecular weight is 977 g/mol. The van der Waals surface area contributed by atoms with Crippen molar-refractivity contribution in [2.45, 2.75) is 79.1 Å². The van der Waals surface area contributed by atoms with E-state index in [-0.39, 0.29) is 55.1 Å². The average Bonchev–Trinajstić information content (AvgIpc) is 3.41. The van der Waals surface area contributed by atoms with Gasteiger partial charge in [-0.05, 0) is 84.3 Å². The molecule has 0 saturated carbocycles. The van der Waals surface area contributed by atoms with E-state index in [2.05, 4.69) is 27.7 Å². The number of phenolic OH excluding ortho intramolecular Hbond substituents is 2. The standard InChI is InChI=1S/C59H68N4O9/c1-5-9-17-42(7-3)40-71-48-27-29-50(53(64)37-48)57-61-56(62-58(63-57)51-30-28-49(38-54(51)65)72-41-43(8-4)18-10-6-2)46-23-25-47(26-24-46)69-35-33-67-31-32-68-34-36-70-59(66)52(39-60)55(44-19-13-11-14-20-44)45-21-15-12-16-22-45/h11-16,19-30,37-38,42-43,64-65H,5-10,17-18,31-36,40-41H2,1-4H3. The molecule has 1 aromatic heterocycles. The van der Waals surface area contributed by atoms with E-state index in [1.165, 1.54) is 0 Å². The zero-order valence-electron chi connectivity index (χ0n) is 42.1. The SMILES string of the molecule is CCCCC(CC)COc1ccc(-c2nc(-c3ccc(OCCOCCOCCOC(=O)C(C#N)=C(c4ccccc4)c4ccccc4)cc3)nc(-c3ccc(OCC(CC)CCCC)cc3O)n2)c(O)c1. The largest absolute Gasteiger partial charge is 0.507 e. The van der Waals surface area contributed by atoms with E-state index < -0.39 is 5.97 Å². The summed E-state index contributed by atoms with van der Waals surface area (Å²) in [7, 11) is 0. The lowest BCUT2D eigenvalue weighted by Gasteiger charge is -2.16. The van der Waals surface area contributed by atoms with Crippen LogP contribution in [0.5, 0.6) is 28.7 Å². The third kappa shape index (κ3) is 16.1. The number of nitrogens with zero attached hydrogens (tertiary/aromatic N) is 4. The molecule has 2 atom stereocenters. The first kappa shape index (κ1) is 54.1. The molecule has 13 nitrogen and oxygen atoms in total. The summed E-state index contributed by atoms with van der Waals surface area (Å²) in [6, 6.07) is 38.2. The lowest BCUT2D eigenvalue weighted by Crippen LogP contribution is -2.16. The molecule has 0 saturated heterocycles. The number of hydrogen-bond acceptors (Lipinski definition) is 13. The Bertz CT molecular complexity index is 2540. The fraction of sp³-hybridized carbons (Fsp3) is 0.373. The minimum absolute atomic E-state index is 0.0270. The number of carbonyl (C=O) groups is 1. The molecule has 13 heteroatoms. The van der Waals surface area contributed by atoms with Crippen LogP contribution in [-0.4, -0.2) is 84.0 Å². The minimum atomic E-state index is -0.719. The van der Waals surface area contributed by atoms with Crippen molar-refractivity contribution in [2.24, 2.45) is 11.8 Å². The van der Waals surface area contributed by atoms with Gasteiger partial charge in [-0.2, -0.15) is 5.26 Å². The van der Waals surface area contributed by atoms with Crippen molar-refractivity contribution in [3.8, 4) is 69.0 Å². The van der Waals surface area contributed by atoms with E-state index >= 15 is 0 Å². The Kier molecular flexibility index (Phi) is 21.9. The Morgan fingerprint density at radius 1 is 0.556 bits per heavy atom. The molecule has 72 heavy (non-hydrogen) atoms. The van der Waals surface area contributed by atoms with Crippen LogP contribution in [-0.2, 0) is 19.0 Å². The molecule has 0 aliphatic rings. The summed E-state index contributed by atoms with van der Waals surface area (Å²) in [5.74, 6) is 2.54. The molecule has 6 rings (SSSR count). The molecule has 0 aliphatic carbocycles. The van der Waals surface area contributed by atoms with Gasteiger partial charge in [-0.3, -0.25) is 0 Å². The highest BCUT2D eigenvalue weighted by Crippen LogP contribution is 2.36. The van der Waals surface area contributed by atoms with Crippen LogP contribution in [0.2, 0.25) is 0 Å². The second kappa shape index (κ2) is 29.2. The molecule has 378 valence electrons. The van der Waals surface area contributed by atoms with Crippen LogP contribution >= 0.6 is 0 Å². The summed E-state index contributed by atoms with van der Waals surface area (Å²) in [5.41, 5.74) is 3.34. The van der Waals surface area contributed by atoms with E-state index in [1.54, 1.807) is 36.4 Å². The molecule has 1 heterocycles. The van der Waals surface area contributed by atoms with Crippen molar-refractivity contribution in [3.63, 3.8) is 0 Å². The van der Waals surface area contributed by atoms with Crippen LogP contribution < -0.4 is 14.2 Å². The monoisotopic (exact) mass is 976 g/mol. The number of phenols is 2. The van der Waals surface area contributed by atoms with Crippen LogP contribution in [0.1, 0.15) is 90.2 Å². The zero-order valence-corrected chi connectivity index (χ0v) is 42.1. The Hall–Kier alpha value is -7.27. The zero-order chi connectivity index (χ0) is 50.9. The van der Waals surface area contributed by atoms with Crippen LogP contribution in [0.25, 0.3) is 39.7 Å². The van der Waals surface area contributed by atoms with Gasteiger partial charge in [0.15, 0.2) is 17.5 Å². The van der Waals surface area contributed by atoms with Crippen LogP contribution in [0.4, 0.5) is 0 Å². The molecule has 0 spiro atoms. The summed E-state index contributed by atoms with van der Waals surface area (Å²) in [6.45, 7) is 11.1. The number of rotatable bonds is 30. The third-order valence-electron chi connectivity index (χ3n) is 12.2. The van der Waals surface area contributed by atoms with Gasteiger partial charge < -0.3 is 38.6 Å². The molecule has 2 unspecified atom stereocenters. The van der Waals surface area contributed by atoms with Gasteiger partial charge >= 0.3 is 5.97 Å². The van der Waals surface area contributed by atoms with E-state index in [9.17, 15) is 20.3 Å². The predicted octanol–water partition coefficient (Wildman–Crippen LogP) is 12.5. The van der Waals surface area contributed by atoms with Crippen molar-refractivity contribution in [3.05, 3.63) is 138 Å². The van der Waals surface area contributed by atoms with E-state index in [1.807, 2.05) is 91.0 Å². The maximum atomic E-state index is 13.0. The maximum Gasteiger partial charge on any atom is 0.349 e. The Labute approximate surface area is 424 Å². The first-order chi connectivity index (χ1) is 35.2. The van der Waals surface area contributed by atoms with Crippen molar-refractivity contribution >= 4 is 11.5 Å². The van der Waals surface area contributed by atoms with Crippen molar-refractivity contribution < 1.29 is 43.4 Å². The van der Waals surface area contributed by atoms with Gasteiger partial charge in [0.25, 0.3) is 0 Å². The summed E-state index contributed by atoms with van der Waals surface area (Å²) in [5, 5.41) is 32.6. The Morgan fingerprint density at radius 3 is 1.47 bits per heavy atom. The lowest BCUT2D eigenvalue weighted by atomic mass is 9.93. The van der Waals surface area contributed by atoms with Gasteiger partial charge in [0.2, 0.25) is 0 Å². The topological polar surface area (TPSA) is 175 Å². The third-order valence-corrected chi connectivity index (χ3v) is 12.2. The highest BCUT2D eigenvalue weighted by atomic mass is 16.6. The van der Waals surface area contributed by atoms with Crippen LogP contribution in [0, 0.1) is 23.2 Å². The highest BCUT2D eigenvalue weighted by Gasteiger charge is 2.21. The molecular weight excluding hydrogens is 909 g/mol. The normalized spacial score (nSPS) is 11.8. The number of esters is 1. The summed E-state index contributed by atoms with van der Waals surface area (Å²) < 4.78 is 34.9. The van der Waals surface area contributed by atoms with Crippen molar-refractivity contribution in [1.82, 2.24) is 15.0 Å². The minimum Gasteiger partial charge on any atom is -0.507 e. The summed E-state index contributed by atoms with van der Waals surface area (Å²) in [6.07, 6.45) is 8.76. The van der Waals surface area contributed by atoms with Gasteiger partial charge in [-0.15, -0.1) is 0 Å². The molecule has 0 fully saturated rings. The first-order valence-electron chi connectivity index (χ1n) is 25.2. The fourth-order valence-electron chi connectivity index (χ4n) is 7.93. The van der Waals surface area contributed by atoms with Gasteiger partial charge in [0, 0.05) is 23.3 Å².